The maximum atomic E-state index is 3.64. The van der Waals surface area contributed by atoms with E-state index in [0.717, 1.165) is 14.9 Å². The number of anilines is 1. The number of piperidine rings is 1. The zero-order valence-corrected chi connectivity index (χ0v) is 14.1. The monoisotopic (exact) mass is 374 g/mol. The van der Waals surface area contributed by atoms with Crippen LogP contribution in [0.1, 0.15) is 19.8 Å². The van der Waals surface area contributed by atoms with Gasteiger partial charge in [-0.1, -0.05) is 15.9 Å². The number of likely N-dealkylation sites (tertiary alicyclic amines) is 1. The molecule has 0 aromatic heterocycles. The third-order valence-electron chi connectivity index (χ3n) is 3.78. The van der Waals surface area contributed by atoms with Gasteiger partial charge in [0.1, 0.15) is 0 Å². The lowest BCUT2D eigenvalue weighted by Gasteiger charge is -2.33. The standard InChI is InChI=1S/C14H20Br2N2/c1-10(11-5-7-18(2)8-6-11)17-14-9-12(15)3-4-13(14)16/h3-4,9-11,17H,5-8H2,1-2H3. The minimum Gasteiger partial charge on any atom is -0.381 e. The highest BCUT2D eigenvalue weighted by molar-refractivity contribution is 9.11. The minimum absolute atomic E-state index is 0.518. The van der Waals surface area contributed by atoms with E-state index in [9.17, 15) is 0 Å². The summed E-state index contributed by atoms with van der Waals surface area (Å²) in [4.78, 5) is 2.41. The topological polar surface area (TPSA) is 15.3 Å². The van der Waals surface area contributed by atoms with Gasteiger partial charge in [-0.3, -0.25) is 0 Å². The molecule has 2 nitrogen and oxygen atoms in total. The van der Waals surface area contributed by atoms with Crippen molar-refractivity contribution in [1.82, 2.24) is 4.90 Å². The number of nitrogens with zero attached hydrogens (tertiary/aromatic N) is 1. The Morgan fingerprint density at radius 2 is 1.94 bits per heavy atom. The second-order valence-corrected chi connectivity index (χ2v) is 6.97. The van der Waals surface area contributed by atoms with Crippen molar-refractivity contribution in [3.8, 4) is 0 Å². The van der Waals surface area contributed by atoms with Gasteiger partial charge in [-0.2, -0.15) is 0 Å². The van der Waals surface area contributed by atoms with Crippen LogP contribution >= 0.6 is 31.9 Å². The summed E-state index contributed by atoms with van der Waals surface area (Å²) in [7, 11) is 2.21. The van der Waals surface area contributed by atoms with Gasteiger partial charge in [0.25, 0.3) is 0 Å². The molecule has 1 atom stereocenters. The quantitative estimate of drug-likeness (QED) is 0.844. The normalized spacial score (nSPS) is 19.8. The van der Waals surface area contributed by atoms with Crippen molar-refractivity contribution in [1.29, 1.82) is 0 Å². The Labute approximate surface area is 126 Å². The van der Waals surface area contributed by atoms with Gasteiger partial charge in [0.05, 0.1) is 0 Å². The maximum Gasteiger partial charge on any atom is 0.0498 e. The highest BCUT2D eigenvalue weighted by Gasteiger charge is 2.22. The molecule has 1 aliphatic rings. The smallest absolute Gasteiger partial charge is 0.0498 e. The summed E-state index contributed by atoms with van der Waals surface area (Å²) < 4.78 is 2.24. The van der Waals surface area contributed by atoms with E-state index >= 15 is 0 Å². The molecule has 18 heavy (non-hydrogen) atoms. The van der Waals surface area contributed by atoms with E-state index in [-0.39, 0.29) is 0 Å². The van der Waals surface area contributed by atoms with Crippen molar-refractivity contribution in [2.45, 2.75) is 25.8 Å². The molecule has 0 bridgehead atoms. The second kappa shape index (κ2) is 6.40. The third kappa shape index (κ3) is 3.72. The van der Waals surface area contributed by atoms with Crippen LogP contribution in [-0.2, 0) is 0 Å². The van der Waals surface area contributed by atoms with Crippen molar-refractivity contribution >= 4 is 37.5 Å². The van der Waals surface area contributed by atoms with Crippen LogP contribution < -0.4 is 5.32 Å². The molecule has 100 valence electrons. The van der Waals surface area contributed by atoms with E-state index in [1.807, 2.05) is 0 Å². The van der Waals surface area contributed by atoms with Gasteiger partial charge in [0, 0.05) is 20.7 Å². The molecule has 4 heteroatoms. The van der Waals surface area contributed by atoms with Crippen molar-refractivity contribution < 1.29 is 0 Å². The lowest BCUT2D eigenvalue weighted by Crippen LogP contribution is -2.37. The minimum atomic E-state index is 0.518. The average Bonchev–Trinajstić information content (AvgIpc) is 2.34. The molecule has 1 heterocycles. The molecular weight excluding hydrogens is 356 g/mol. The van der Waals surface area contributed by atoms with Crippen LogP contribution in [0.25, 0.3) is 0 Å². The molecule has 1 unspecified atom stereocenters. The van der Waals surface area contributed by atoms with Gasteiger partial charge in [-0.25, -0.2) is 0 Å². The van der Waals surface area contributed by atoms with Crippen molar-refractivity contribution in [2.24, 2.45) is 5.92 Å². The van der Waals surface area contributed by atoms with Crippen LogP contribution in [0.2, 0.25) is 0 Å². The van der Waals surface area contributed by atoms with Gasteiger partial charge in [-0.15, -0.1) is 0 Å². The van der Waals surface area contributed by atoms with Crippen LogP contribution in [0, 0.1) is 5.92 Å². The molecule has 1 aromatic rings. The van der Waals surface area contributed by atoms with Crippen LogP contribution in [0.4, 0.5) is 5.69 Å². The third-order valence-corrected chi connectivity index (χ3v) is 4.97. The number of hydrogen-bond acceptors (Lipinski definition) is 2. The highest BCUT2D eigenvalue weighted by Crippen LogP contribution is 2.29. The SMILES string of the molecule is CC(Nc1cc(Br)ccc1Br)C1CCN(C)CC1. The van der Waals surface area contributed by atoms with Crippen molar-refractivity contribution in [3.63, 3.8) is 0 Å². The van der Waals surface area contributed by atoms with Gasteiger partial charge in [-0.05, 0) is 79.9 Å². The summed E-state index contributed by atoms with van der Waals surface area (Å²) in [5, 5.41) is 3.64. The predicted octanol–water partition coefficient (Wildman–Crippen LogP) is 4.35. The Kier molecular flexibility index (Phi) is 5.10. The molecule has 2 rings (SSSR count). The fourth-order valence-electron chi connectivity index (χ4n) is 2.50. The van der Waals surface area contributed by atoms with Crippen molar-refractivity contribution in [3.05, 3.63) is 27.1 Å². The predicted molar refractivity (Wildman–Crippen MR) is 85.1 cm³/mol. The number of halogens is 2. The van der Waals surface area contributed by atoms with E-state index in [1.165, 1.54) is 31.6 Å². The lowest BCUT2D eigenvalue weighted by atomic mass is 9.90. The molecular formula is C14H20Br2N2. The van der Waals surface area contributed by atoms with Crippen LogP contribution in [0.3, 0.4) is 0 Å². The number of hydrogen-bond donors (Lipinski definition) is 1. The van der Waals surface area contributed by atoms with Crippen LogP contribution in [-0.4, -0.2) is 31.1 Å². The Morgan fingerprint density at radius 3 is 2.61 bits per heavy atom. The summed E-state index contributed by atoms with van der Waals surface area (Å²) in [5.41, 5.74) is 1.18. The second-order valence-electron chi connectivity index (χ2n) is 5.20. The number of rotatable bonds is 3. The molecule has 0 amide bonds. The van der Waals surface area contributed by atoms with Gasteiger partial charge in [0.2, 0.25) is 0 Å². The largest absolute Gasteiger partial charge is 0.381 e. The van der Waals surface area contributed by atoms with E-state index in [0.29, 0.717) is 6.04 Å². The summed E-state index contributed by atoms with van der Waals surface area (Å²) >= 11 is 7.12. The number of nitrogens with one attached hydrogen (secondary N) is 1. The fourth-order valence-corrected chi connectivity index (χ4v) is 3.22. The Morgan fingerprint density at radius 1 is 1.28 bits per heavy atom. The molecule has 0 spiro atoms. The molecule has 0 aliphatic carbocycles. The number of benzene rings is 1. The van der Waals surface area contributed by atoms with E-state index < -0.39 is 0 Å². The average molecular weight is 376 g/mol. The Balaban J connectivity index is 1.98. The highest BCUT2D eigenvalue weighted by atomic mass is 79.9. The first-order chi connectivity index (χ1) is 8.56. The van der Waals surface area contributed by atoms with E-state index in [4.69, 9.17) is 0 Å². The lowest BCUT2D eigenvalue weighted by molar-refractivity contribution is 0.208. The first kappa shape index (κ1) is 14.4. The summed E-state index contributed by atoms with van der Waals surface area (Å²) in [6.07, 6.45) is 2.58. The van der Waals surface area contributed by atoms with Gasteiger partial charge < -0.3 is 10.2 Å². The zero-order chi connectivity index (χ0) is 13.1. The van der Waals surface area contributed by atoms with Gasteiger partial charge >= 0.3 is 0 Å². The van der Waals surface area contributed by atoms with Crippen molar-refractivity contribution in [2.75, 3.05) is 25.5 Å². The maximum absolute atomic E-state index is 3.64. The first-order valence-corrected chi connectivity index (χ1v) is 8.05. The molecule has 1 N–H and O–H groups in total. The summed E-state index contributed by atoms with van der Waals surface area (Å²) in [5.74, 6) is 0.770. The Hall–Kier alpha value is -0.0600. The van der Waals surface area contributed by atoms with Crippen LogP contribution in [0.15, 0.2) is 27.1 Å². The fraction of sp³-hybridized carbons (Fsp3) is 0.571. The van der Waals surface area contributed by atoms with Gasteiger partial charge in [0.15, 0.2) is 0 Å². The van der Waals surface area contributed by atoms with E-state index in [2.05, 4.69) is 74.2 Å². The first-order valence-electron chi connectivity index (χ1n) is 6.46. The molecule has 1 fully saturated rings. The summed E-state index contributed by atoms with van der Waals surface area (Å²) in [6, 6.07) is 6.78. The molecule has 0 radical (unpaired) electrons. The van der Waals surface area contributed by atoms with Crippen LogP contribution in [0.5, 0.6) is 0 Å². The molecule has 1 aliphatic heterocycles. The van der Waals surface area contributed by atoms with E-state index in [1.54, 1.807) is 0 Å². The molecule has 1 aromatic carbocycles. The molecule has 0 saturated carbocycles. The summed E-state index contributed by atoms with van der Waals surface area (Å²) in [6.45, 7) is 4.73. The molecule has 1 saturated heterocycles. The zero-order valence-electron chi connectivity index (χ0n) is 10.9. The Bertz CT molecular complexity index is 401.